The lowest BCUT2D eigenvalue weighted by atomic mass is 9.79. The third-order valence-corrected chi connectivity index (χ3v) is 7.74. The molecule has 1 saturated carbocycles. The van der Waals surface area contributed by atoms with Gasteiger partial charge in [-0.05, 0) is 65.0 Å². The van der Waals surface area contributed by atoms with Gasteiger partial charge in [-0.3, -0.25) is 9.89 Å². The molecular weight excluding hydrogens is 398 g/mol. The van der Waals surface area contributed by atoms with Crippen molar-refractivity contribution in [3.05, 3.63) is 11.6 Å². The minimum atomic E-state index is 0.292. The molecule has 180 valence electrons. The summed E-state index contributed by atoms with van der Waals surface area (Å²) in [5.41, 5.74) is 0.292. The van der Waals surface area contributed by atoms with Crippen LogP contribution in [0.5, 0.6) is 0 Å². The fraction of sp³-hybridized carbons (Fsp3) is 0.880. The van der Waals surface area contributed by atoms with E-state index in [1.165, 1.54) is 89.5 Å². The van der Waals surface area contributed by atoms with Crippen molar-refractivity contribution in [3.63, 3.8) is 0 Å². The van der Waals surface area contributed by atoms with Gasteiger partial charge in [0.25, 0.3) is 0 Å². The van der Waals surface area contributed by atoms with Gasteiger partial charge in [0.1, 0.15) is 11.6 Å². The second-order valence-corrected chi connectivity index (χ2v) is 10.1. The molecule has 1 aromatic rings. The van der Waals surface area contributed by atoms with Crippen LogP contribution in [0.15, 0.2) is 4.99 Å². The lowest BCUT2D eigenvalue weighted by Gasteiger charge is -2.47. The van der Waals surface area contributed by atoms with Crippen molar-refractivity contribution in [2.75, 3.05) is 32.7 Å². The molecule has 1 aromatic heterocycles. The molecule has 2 N–H and O–H groups in total. The summed E-state index contributed by atoms with van der Waals surface area (Å²) in [7, 11) is 0. The summed E-state index contributed by atoms with van der Waals surface area (Å²) in [5, 5.41) is 16.0. The van der Waals surface area contributed by atoms with Crippen LogP contribution in [0.3, 0.4) is 0 Å². The van der Waals surface area contributed by atoms with Crippen LogP contribution in [-0.4, -0.2) is 63.9 Å². The molecule has 2 aliphatic heterocycles. The Labute approximate surface area is 194 Å². The van der Waals surface area contributed by atoms with Gasteiger partial charge in [-0.15, -0.1) is 10.2 Å². The number of hydrogen-bond donors (Lipinski definition) is 2. The molecule has 4 rings (SSSR count). The molecule has 0 radical (unpaired) electrons. The molecule has 0 atom stereocenters. The summed E-state index contributed by atoms with van der Waals surface area (Å²) in [6.45, 7) is 8.53. The fourth-order valence-corrected chi connectivity index (χ4v) is 5.90. The van der Waals surface area contributed by atoms with Gasteiger partial charge in [-0.1, -0.05) is 32.1 Å². The van der Waals surface area contributed by atoms with Crippen molar-refractivity contribution in [1.82, 2.24) is 30.3 Å². The molecule has 1 saturated heterocycles. The Bertz CT molecular complexity index is 714. The smallest absolute Gasteiger partial charge is 0.191 e. The topological polar surface area (TPSA) is 70.4 Å². The number of aliphatic imine (C=N–C) groups is 1. The third-order valence-electron chi connectivity index (χ3n) is 7.74. The summed E-state index contributed by atoms with van der Waals surface area (Å²) in [5.74, 6) is 3.34. The van der Waals surface area contributed by atoms with Gasteiger partial charge in [0.15, 0.2) is 5.96 Å². The largest absolute Gasteiger partial charge is 0.357 e. The minimum Gasteiger partial charge on any atom is -0.357 e. The van der Waals surface area contributed by atoms with E-state index in [-0.39, 0.29) is 0 Å². The van der Waals surface area contributed by atoms with Crippen molar-refractivity contribution in [2.45, 2.75) is 109 Å². The number of fused-ring (bicyclic) bond motifs is 1. The number of guanidine groups is 1. The molecule has 3 aliphatic rings. The molecule has 7 nitrogen and oxygen atoms in total. The maximum atomic E-state index is 5.12. The maximum Gasteiger partial charge on any atom is 0.191 e. The highest BCUT2D eigenvalue weighted by atomic mass is 15.3. The Morgan fingerprint density at radius 1 is 0.906 bits per heavy atom. The zero-order valence-corrected chi connectivity index (χ0v) is 20.4. The summed E-state index contributed by atoms with van der Waals surface area (Å²) in [6, 6.07) is 0. The Morgan fingerprint density at radius 3 is 2.47 bits per heavy atom. The number of nitrogens with one attached hydrogen (secondary N) is 2. The first-order valence-electron chi connectivity index (χ1n) is 13.5. The number of aromatic nitrogens is 3. The van der Waals surface area contributed by atoms with Crippen molar-refractivity contribution < 1.29 is 0 Å². The Hall–Kier alpha value is -1.63. The number of rotatable bonds is 8. The Morgan fingerprint density at radius 2 is 1.66 bits per heavy atom. The van der Waals surface area contributed by atoms with Gasteiger partial charge < -0.3 is 15.2 Å². The van der Waals surface area contributed by atoms with Gasteiger partial charge >= 0.3 is 0 Å². The minimum absolute atomic E-state index is 0.292. The zero-order valence-electron chi connectivity index (χ0n) is 20.4. The number of likely N-dealkylation sites (tertiary alicyclic amines) is 1. The quantitative estimate of drug-likeness (QED) is 0.364. The van der Waals surface area contributed by atoms with E-state index in [2.05, 4.69) is 37.2 Å². The molecule has 2 fully saturated rings. The second-order valence-electron chi connectivity index (χ2n) is 10.1. The molecule has 0 spiro atoms. The van der Waals surface area contributed by atoms with Crippen LogP contribution < -0.4 is 10.6 Å². The normalized spacial score (nSPS) is 22.2. The van der Waals surface area contributed by atoms with Crippen LogP contribution in [0, 0.1) is 0 Å². The predicted molar refractivity (Wildman–Crippen MR) is 131 cm³/mol. The molecule has 0 bridgehead atoms. The van der Waals surface area contributed by atoms with E-state index in [4.69, 9.17) is 4.99 Å². The van der Waals surface area contributed by atoms with Gasteiger partial charge in [0, 0.05) is 38.0 Å². The zero-order chi connectivity index (χ0) is 22.1. The van der Waals surface area contributed by atoms with E-state index in [1.54, 1.807) is 0 Å². The summed E-state index contributed by atoms with van der Waals surface area (Å²) in [4.78, 5) is 7.91. The highest BCUT2D eigenvalue weighted by molar-refractivity contribution is 5.79. The van der Waals surface area contributed by atoms with E-state index in [0.717, 1.165) is 57.2 Å². The molecule has 32 heavy (non-hydrogen) atoms. The molecular formula is C25H45N7. The summed E-state index contributed by atoms with van der Waals surface area (Å²) in [6.07, 6.45) is 17.8. The number of piperidine rings is 1. The SMILES string of the molecule is CCNC(=NCC1(N2CCCCC2)CCCCC1)NCCCc1nnc2n1CCCCC2. The lowest BCUT2D eigenvalue weighted by Crippen LogP contribution is -2.54. The monoisotopic (exact) mass is 443 g/mol. The van der Waals surface area contributed by atoms with E-state index < -0.39 is 0 Å². The van der Waals surface area contributed by atoms with E-state index in [1.807, 2.05) is 0 Å². The molecule has 1 aliphatic carbocycles. The van der Waals surface area contributed by atoms with Gasteiger partial charge in [0.2, 0.25) is 0 Å². The van der Waals surface area contributed by atoms with Crippen molar-refractivity contribution >= 4 is 5.96 Å². The van der Waals surface area contributed by atoms with Crippen molar-refractivity contribution in [2.24, 2.45) is 4.99 Å². The van der Waals surface area contributed by atoms with Crippen LogP contribution in [0.25, 0.3) is 0 Å². The number of nitrogens with zero attached hydrogens (tertiary/aromatic N) is 5. The van der Waals surface area contributed by atoms with Gasteiger partial charge in [0.05, 0.1) is 6.54 Å². The summed E-state index contributed by atoms with van der Waals surface area (Å²) < 4.78 is 2.37. The molecule has 0 unspecified atom stereocenters. The molecule has 7 heteroatoms. The van der Waals surface area contributed by atoms with Crippen LogP contribution >= 0.6 is 0 Å². The van der Waals surface area contributed by atoms with E-state index in [9.17, 15) is 0 Å². The standard InChI is InChI=1S/C25H45N7/c1-2-26-24(27-17-12-14-23-30-29-22-13-6-3-11-20-32(22)23)28-21-25(15-7-4-8-16-25)31-18-9-5-10-19-31/h2-21H2,1H3,(H2,26,27,28). The number of aryl methyl sites for hydroxylation is 2. The third kappa shape index (κ3) is 6.03. The van der Waals surface area contributed by atoms with Crippen LogP contribution in [0.1, 0.15) is 95.6 Å². The Kier molecular flexibility index (Phi) is 8.83. The maximum absolute atomic E-state index is 5.12. The van der Waals surface area contributed by atoms with Crippen LogP contribution in [0.2, 0.25) is 0 Å². The first kappa shape index (κ1) is 23.5. The summed E-state index contributed by atoms with van der Waals surface area (Å²) >= 11 is 0. The average molecular weight is 444 g/mol. The molecule has 3 heterocycles. The second kappa shape index (κ2) is 12.0. The van der Waals surface area contributed by atoms with Crippen molar-refractivity contribution in [3.8, 4) is 0 Å². The predicted octanol–water partition coefficient (Wildman–Crippen LogP) is 3.68. The molecule has 0 aromatic carbocycles. The highest BCUT2D eigenvalue weighted by Crippen LogP contribution is 2.35. The highest BCUT2D eigenvalue weighted by Gasteiger charge is 2.38. The first-order valence-corrected chi connectivity index (χ1v) is 13.5. The van der Waals surface area contributed by atoms with E-state index >= 15 is 0 Å². The van der Waals surface area contributed by atoms with Crippen LogP contribution in [-0.2, 0) is 19.4 Å². The molecule has 0 amide bonds. The van der Waals surface area contributed by atoms with Gasteiger partial charge in [-0.2, -0.15) is 0 Å². The van der Waals surface area contributed by atoms with Crippen molar-refractivity contribution in [1.29, 1.82) is 0 Å². The fourth-order valence-electron chi connectivity index (χ4n) is 5.90. The number of hydrogen-bond acceptors (Lipinski definition) is 4. The van der Waals surface area contributed by atoms with Gasteiger partial charge in [-0.25, -0.2) is 0 Å². The Balaban J connectivity index is 1.31. The van der Waals surface area contributed by atoms with E-state index in [0.29, 0.717) is 5.54 Å². The average Bonchev–Trinajstić information content (AvgIpc) is 3.07. The first-order chi connectivity index (χ1) is 15.8. The van der Waals surface area contributed by atoms with Crippen LogP contribution in [0.4, 0.5) is 0 Å². The lowest BCUT2D eigenvalue weighted by molar-refractivity contribution is 0.0407.